The summed E-state index contributed by atoms with van der Waals surface area (Å²) in [6.45, 7) is 5.88. The molecule has 3 N–H and O–H groups in total. The largest absolute Gasteiger partial charge is 0.388 e. The zero-order chi connectivity index (χ0) is 13.2. The second-order valence-corrected chi connectivity index (χ2v) is 5.43. The van der Waals surface area contributed by atoms with Crippen LogP contribution in [0, 0.1) is 19.3 Å². The molecule has 0 aliphatic carbocycles. The number of hydrogen-bond acceptors (Lipinski definition) is 3. The summed E-state index contributed by atoms with van der Waals surface area (Å²) in [5.74, 6) is 0. The lowest BCUT2D eigenvalue weighted by molar-refractivity contribution is -0.0785. The molecule has 1 saturated heterocycles. The van der Waals surface area contributed by atoms with Gasteiger partial charge in [-0.15, -0.1) is 0 Å². The van der Waals surface area contributed by atoms with E-state index in [9.17, 15) is 5.11 Å². The molecule has 3 heteroatoms. The molecule has 0 bridgehead atoms. The van der Waals surface area contributed by atoms with E-state index in [0.29, 0.717) is 13.2 Å². The van der Waals surface area contributed by atoms with E-state index < -0.39 is 6.10 Å². The van der Waals surface area contributed by atoms with Crippen LogP contribution in [0.4, 0.5) is 0 Å². The fourth-order valence-corrected chi connectivity index (χ4v) is 2.93. The summed E-state index contributed by atoms with van der Waals surface area (Å²) in [4.78, 5) is 0. The van der Waals surface area contributed by atoms with Crippen molar-refractivity contribution in [3.63, 3.8) is 0 Å². The molecule has 0 spiro atoms. The van der Waals surface area contributed by atoms with Crippen LogP contribution >= 0.6 is 0 Å². The number of aliphatic hydroxyl groups excluding tert-OH is 1. The van der Waals surface area contributed by atoms with Gasteiger partial charge in [-0.3, -0.25) is 0 Å². The number of aliphatic hydroxyl groups is 1. The Morgan fingerprint density at radius 3 is 2.56 bits per heavy atom. The van der Waals surface area contributed by atoms with Crippen molar-refractivity contribution in [3.8, 4) is 0 Å². The predicted octanol–water partition coefficient (Wildman–Crippen LogP) is 2.09. The molecule has 0 aromatic heterocycles. The maximum absolute atomic E-state index is 10.8. The van der Waals surface area contributed by atoms with Gasteiger partial charge in [-0.05, 0) is 43.4 Å². The van der Waals surface area contributed by atoms with Gasteiger partial charge in [-0.25, -0.2) is 0 Å². The van der Waals surface area contributed by atoms with Gasteiger partial charge in [0, 0.05) is 18.6 Å². The van der Waals surface area contributed by atoms with Crippen LogP contribution in [-0.4, -0.2) is 24.9 Å². The standard InChI is InChI=1S/C15H23NO2/c1-11-5-3-6-12(2)13(11)14(17)15(9-16)7-4-8-18-10-15/h3,5-6,14,17H,4,7-10,16H2,1-2H3. The Kier molecular flexibility index (Phi) is 4.05. The van der Waals surface area contributed by atoms with Gasteiger partial charge < -0.3 is 15.6 Å². The monoisotopic (exact) mass is 249 g/mol. The van der Waals surface area contributed by atoms with Crippen LogP contribution in [0.1, 0.15) is 35.6 Å². The molecule has 1 fully saturated rings. The molecule has 1 aliphatic heterocycles. The summed E-state index contributed by atoms with van der Waals surface area (Å²) in [5, 5.41) is 10.8. The number of ether oxygens (including phenoxy) is 1. The molecule has 1 heterocycles. The third-order valence-electron chi connectivity index (χ3n) is 4.16. The van der Waals surface area contributed by atoms with Gasteiger partial charge >= 0.3 is 0 Å². The maximum atomic E-state index is 10.8. The van der Waals surface area contributed by atoms with Crippen molar-refractivity contribution in [2.24, 2.45) is 11.1 Å². The van der Waals surface area contributed by atoms with Crippen LogP contribution in [-0.2, 0) is 4.74 Å². The first-order valence-corrected chi connectivity index (χ1v) is 6.63. The van der Waals surface area contributed by atoms with E-state index in [1.807, 2.05) is 32.0 Å². The highest BCUT2D eigenvalue weighted by molar-refractivity contribution is 5.36. The smallest absolute Gasteiger partial charge is 0.0885 e. The molecule has 1 aliphatic rings. The van der Waals surface area contributed by atoms with Crippen molar-refractivity contribution in [1.29, 1.82) is 0 Å². The van der Waals surface area contributed by atoms with Crippen LogP contribution in [0.25, 0.3) is 0 Å². The molecule has 3 nitrogen and oxygen atoms in total. The summed E-state index contributed by atoms with van der Waals surface area (Å²) in [7, 11) is 0. The molecule has 2 rings (SSSR count). The Balaban J connectivity index is 2.36. The topological polar surface area (TPSA) is 55.5 Å². The zero-order valence-corrected chi connectivity index (χ0v) is 11.3. The van der Waals surface area contributed by atoms with E-state index in [-0.39, 0.29) is 5.41 Å². The van der Waals surface area contributed by atoms with Gasteiger partial charge in [-0.2, -0.15) is 0 Å². The highest BCUT2D eigenvalue weighted by Gasteiger charge is 2.40. The molecule has 0 amide bonds. The van der Waals surface area contributed by atoms with Crippen molar-refractivity contribution < 1.29 is 9.84 Å². The first-order chi connectivity index (χ1) is 8.60. The van der Waals surface area contributed by atoms with Crippen LogP contribution in [0.15, 0.2) is 18.2 Å². The number of nitrogens with two attached hydrogens (primary N) is 1. The molecule has 1 aromatic rings. The minimum absolute atomic E-state index is 0.324. The Bertz CT molecular complexity index is 391. The van der Waals surface area contributed by atoms with Gasteiger partial charge in [-0.1, -0.05) is 18.2 Å². The molecule has 0 saturated carbocycles. The lowest BCUT2D eigenvalue weighted by Gasteiger charge is -2.41. The average molecular weight is 249 g/mol. The summed E-state index contributed by atoms with van der Waals surface area (Å²) < 4.78 is 5.56. The Hall–Kier alpha value is -0.900. The van der Waals surface area contributed by atoms with Gasteiger partial charge in [0.05, 0.1) is 12.7 Å². The summed E-state index contributed by atoms with van der Waals surface area (Å²) in [6.07, 6.45) is 1.36. The number of rotatable bonds is 3. The van der Waals surface area contributed by atoms with Crippen molar-refractivity contribution in [2.75, 3.05) is 19.8 Å². The van der Waals surface area contributed by atoms with Gasteiger partial charge in [0.2, 0.25) is 0 Å². The van der Waals surface area contributed by atoms with Crippen LogP contribution in [0.2, 0.25) is 0 Å². The highest BCUT2D eigenvalue weighted by atomic mass is 16.5. The molecule has 1 aromatic carbocycles. The minimum Gasteiger partial charge on any atom is -0.388 e. The summed E-state index contributed by atoms with van der Waals surface area (Å²) >= 11 is 0. The second kappa shape index (κ2) is 5.39. The fourth-order valence-electron chi connectivity index (χ4n) is 2.93. The lowest BCUT2D eigenvalue weighted by Crippen LogP contribution is -2.44. The fraction of sp³-hybridized carbons (Fsp3) is 0.600. The Labute approximate surface area is 109 Å². The predicted molar refractivity (Wildman–Crippen MR) is 72.4 cm³/mol. The van der Waals surface area contributed by atoms with Crippen LogP contribution < -0.4 is 5.73 Å². The van der Waals surface area contributed by atoms with Crippen molar-refractivity contribution >= 4 is 0 Å². The molecule has 2 unspecified atom stereocenters. The highest BCUT2D eigenvalue weighted by Crippen LogP contribution is 2.41. The summed E-state index contributed by atoms with van der Waals surface area (Å²) in [6, 6.07) is 6.10. The second-order valence-electron chi connectivity index (χ2n) is 5.43. The lowest BCUT2D eigenvalue weighted by atomic mass is 9.73. The minimum atomic E-state index is -0.538. The van der Waals surface area contributed by atoms with Crippen LogP contribution in [0.3, 0.4) is 0 Å². The molecule has 18 heavy (non-hydrogen) atoms. The average Bonchev–Trinajstić information content (AvgIpc) is 2.39. The van der Waals surface area contributed by atoms with Crippen molar-refractivity contribution in [1.82, 2.24) is 0 Å². The first-order valence-electron chi connectivity index (χ1n) is 6.63. The van der Waals surface area contributed by atoms with Crippen LogP contribution in [0.5, 0.6) is 0 Å². The molecular formula is C15H23NO2. The Morgan fingerprint density at radius 2 is 2.06 bits per heavy atom. The van der Waals surface area contributed by atoms with E-state index in [0.717, 1.165) is 36.1 Å². The quantitative estimate of drug-likeness (QED) is 0.862. The molecular weight excluding hydrogens is 226 g/mol. The van der Waals surface area contributed by atoms with E-state index in [1.165, 1.54) is 0 Å². The van der Waals surface area contributed by atoms with Crippen molar-refractivity contribution in [2.45, 2.75) is 32.8 Å². The van der Waals surface area contributed by atoms with E-state index in [2.05, 4.69) is 0 Å². The summed E-state index contributed by atoms with van der Waals surface area (Å²) in [5.41, 5.74) is 8.89. The number of aryl methyl sites for hydroxylation is 2. The van der Waals surface area contributed by atoms with E-state index in [1.54, 1.807) is 0 Å². The van der Waals surface area contributed by atoms with Crippen molar-refractivity contribution in [3.05, 3.63) is 34.9 Å². The Morgan fingerprint density at radius 1 is 1.39 bits per heavy atom. The first kappa shape index (κ1) is 13.5. The molecule has 0 radical (unpaired) electrons. The van der Waals surface area contributed by atoms with Gasteiger partial charge in [0.25, 0.3) is 0 Å². The maximum Gasteiger partial charge on any atom is 0.0885 e. The SMILES string of the molecule is Cc1cccc(C)c1C(O)C1(CN)CCCOC1. The molecule has 100 valence electrons. The third-order valence-corrected chi connectivity index (χ3v) is 4.16. The number of hydrogen-bond donors (Lipinski definition) is 2. The number of benzene rings is 1. The zero-order valence-electron chi connectivity index (χ0n) is 11.3. The van der Waals surface area contributed by atoms with Gasteiger partial charge in [0.1, 0.15) is 0 Å². The van der Waals surface area contributed by atoms with E-state index >= 15 is 0 Å². The van der Waals surface area contributed by atoms with Gasteiger partial charge in [0.15, 0.2) is 0 Å². The third kappa shape index (κ3) is 2.30. The van der Waals surface area contributed by atoms with E-state index in [4.69, 9.17) is 10.5 Å². The normalized spacial score (nSPS) is 26.0. The molecule has 2 atom stereocenters.